The SMILES string of the molecule is CC(C)CCC(=O)N1CCC2(CC1)CC(O)(c1ccccn1)CCO2. The lowest BCUT2D eigenvalue weighted by molar-refractivity contribution is -0.185. The molecule has 2 fully saturated rings. The monoisotopic (exact) mass is 346 g/mol. The molecule has 0 bridgehead atoms. The number of carbonyl (C=O) groups is 1. The van der Waals surface area contributed by atoms with Gasteiger partial charge in [-0.2, -0.15) is 0 Å². The Bertz CT molecular complexity index is 582. The molecule has 1 aromatic heterocycles. The van der Waals surface area contributed by atoms with Crippen molar-refractivity contribution in [2.45, 2.75) is 63.6 Å². The van der Waals surface area contributed by atoms with Gasteiger partial charge in [-0.3, -0.25) is 9.78 Å². The first kappa shape index (κ1) is 18.3. The van der Waals surface area contributed by atoms with Gasteiger partial charge in [0.1, 0.15) is 5.60 Å². The summed E-state index contributed by atoms with van der Waals surface area (Å²) in [6.45, 7) is 6.26. The van der Waals surface area contributed by atoms with Gasteiger partial charge in [-0.25, -0.2) is 0 Å². The van der Waals surface area contributed by atoms with Crippen LogP contribution < -0.4 is 0 Å². The van der Waals surface area contributed by atoms with E-state index in [2.05, 4.69) is 18.8 Å². The Labute approximate surface area is 150 Å². The predicted octanol–water partition coefficient (Wildman–Crippen LogP) is 2.88. The van der Waals surface area contributed by atoms with Crippen molar-refractivity contribution in [2.24, 2.45) is 5.92 Å². The highest BCUT2D eigenvalue weighted by molar-refractivity contribution is 5.76. The first-order valence-electron chi connectivity index (χ1n) is 9.48. The molecule has 2 aliphatic rings. The van der Waals surface area contributed by atoms with E-state index in [9.17, 15) is 9.90 Å². The van der Waals surface area contributed by atoms with E-state index >= 15 is 0 Å². The molecule has 3 rings (SSSR count). The summed E-state index contributed by atoms with van der Waals surface area (Å²) in [6.07, 6.45) is 6.00. The van der Waals surface area contributed by atoms with Gasteiger partial charge in [0.25, 0.3) is 0 Å². The van der Waals surface area contributed by atoms with Crippen LogP contribution in [0.1, 0.15) is 58.1 Å². The van der Waals surface area contributed by atoms with E-state index in [1.807, 2.05) is 23.1 Å². The molecule has 3 heterocycles. The van der Waals surface area contributed by atoms with Crippen molar-refractivity contribution in [3.63, 3.8) is 0 Å². The number of nitrogens with zero attached hydrogens (tertiary/aromatic N) is 2. The Morgan fingerprint density at radius 2 is 2.08 bits per heavy atom. The number of amides is 1. The van der Waals surface area contributed by atoms with Crippen LogP contribution in [0, 0.1) is 5.92 Å². The molecule has 2 saturated heterocycles. The van der Waals surface area contributed by atoms with Gasteiger partial charge in [0.05, 0.1) is 17.9 Å². The van der Waals surface area contributed by atoms with E-state index < -0.39 is 5.60 Å². The summed E-state index contributed by atoms with van der Waals surface area (Å²) in [5.41, 5.74) is -0.531. The van der Waals surface area contributed by atoms with Crippen LogP contribution in [0.5, 0.6) is 0 Å². The minimum atomic E-state index is -0.927. The topological polar surface area (TPSA) is 62.7 Å². The molecule has 0 radical (unpaired) electrons. The summed E-state index contributed by atoms with van der Waals surface area (Å²) in [5.74, 6) is 0.800. The normalized spacial score (nSPS) is 26.2. The lowest BCUT2D eigenvalue weighted by Gasteiger charge is -2.49. The number of piperidine rings is 1. The minimum absolute atomic E-state index is 0.249. The predicted molar refractivity (Wildman–Crippen MR) is 95.9 cm³/mol. The fraction of sp³-hybridized carbons (Fsp3) is 0.700. The molecule has 1 amide bonds. The van der Waals surface area contributed by atoms with Crippen LogP contribution in [-0.2, 0) is 15.1 Å². The van der Waals surface area contributed by atoms with Crippen molar-refractivity contribution in [2.75, 3.05) is 19.7 Å². The average molecular weight is 346 g/mol. The fourth-order valence-corrected chi connectivity index (χ4v) is 4.02. The maximum absolute atomic E-state index is 12.3. The number of hydrogen-bond donors (Lipinski definition) is 1. The third-order valence-electron chi connectivity index (χ3n) is 5.64. The second-order valence-corrected chi connectivity index (χ2v) is 8.02. The number of likely N-dealkylation sites (tertiary alicyclic amines) is 1. The molecule has 25 heavy (non-hydrogen) atoms. The number of aliphatic hydroxyl groups is 1. The van der Waals surface area contributed by atoms with Gasteiger partial charge in [-0.15, -0.1) is 0 Å². The van der Waals surface area contributed by atoms with Crippen molar-refractivity contribution in [1.82, 2.24) is 9.88 Å². The van der Waals surface area contributed by atoms with Crippen molar-refractivity contribution in [3.05, 3.63) is 30.1 Å². The number of rotatable bonds is 4. The molecule has 138 valence electrons. The third kappa shape index (κ3) is 4.21. The molecule has 5 heteroatoms. The molecule has 5 nitrogen and oxygen atoms in total. The molecule has 2 aliphatic heterocycles. The summed E-state index contributed by atoms with van der Waals surface area (Å²) in [7, 11) is 0. The average Bonchev–Trinajstić information content (AvgIpc) is 2.61. The Balaban J connectivity index is 1.62. The molecule has 1 atom stereocenters. The summed E-state index contributed by atoms with van der Waals surface area (Å²) in [4.78, 5) is 18.7. The molecule has 1 N–H and O–H groups in total. The van der Waals surface area contributed by atoms with Gasteiger partial charge in [0.15, 0.2) is 0 Å². The summed E-state index contributed by atoms with van der Waals surface area (Å²) in [5, 5.41) is 11.2. The molecule has 1 aromatic rings. The van der Waals surface area contributed by atoms with E-state index in [1.165, 1.54) is 0 Å². The maximum atomic E-state index is 12.3. The number of aromatic nitrogens is 1. The van der Waals surface area contributed by atoms with E-state index in [4.69, 9.17) is 4.74 Å². The highest BCUT2D eigenvalue weighted by Crippen LogP contribution is 2.43. The first-order valence-corrected chi connectivity index (χ1v) is 9.48. The molecular weight excluding hydrogens is 316 g/mol. The largest absolute Gasteiger partial charge is 0.383 e. The fourth-order valence-electron chi connectivity index (χ4n) is 4.02. The number of pyridine rings is 1. The quantitative estimate of drug-likeness (QED) is 0.910. The van der Waals surface area contributed by atoms with E-state index in [0.29, 0.717) is 31.8 Å². The van der Waals surface area contributed by atoms with Crippen LogP contribution in [0.25, 0.3) is 0 Å². The molecule has 1 spiro atoms. The van der Waals surface area contributed by atoms with Crippen molar-refractivity contribution in [1.29, 1.82) is 0 Å². The standard InChI is InChI=1S/C20H30N2O3/c1-16(2)6-7-18(23)22-12-8-19(9-13-22)15-20(24,10-14-25-19)17-5-3-4-11-21-17/h3-5,11,16,24H,6-10,12-15H2,1-2H3. The van der Waals surface area contributed by atoms with Crippen LogP contribution in [0.2, 0.25) is 0 Å². The smallest absolute Gasteiger partial charge is 0.222 e. The van der Waals surface area contributed by atoms with Crippen LogP contribution >= 0.6 is 0 Å². The lowest BCUT2D eigenvalue weighted by atomic mass is 9.75. The Morgan fingerprint density at radius 3 is 2.72 bits per heavy atom. The van der Waals surface area contributed by atoms with Gasteiger partial charge in [0, 0.05) is 38.5 Å². The van der Waals surface area contributed by atoms with Crippen molar-refractivity contribution >= 4 is 5.91 Å². The van der Waals surface area contributed by atoms with Crippen LogP contribution in [-0.4, -0.2) is 46.2 Å². The van der Waals surface area contributed by atoms with Gasteiger partial charge >= 0.3 is 0 Å². The Kier molecular flexibility index (Phi) is 5.44. The molecule has 1 unspecified atom stereocenters. The minimum Gasteiger partial charge on any atom is -0.383 e. The van der Waals surface area contributed by atoms with E-state index in [0.717, 1.165) is 38.0 Å². The number of carbonyl (C=O) groups excluding carboxylic acids is 1. The molecule has 0 aliphatic carbocycles. The zero-order valence-corrected chi connectivity index (χ0v) is 15.4. The highest BCUT2D eigenvalue weighted by atomic mass is 16.5. The highest BCUT2D eigenvalue weighted by Gasteiger charge is 2.48. The summed E-state index contributed by atoms with van der Waals surface area (Å²) in [6, 6.07) is 5.67. The van der Waals surface area contributed by atoms with Gasteiger partial charge in [-0.1, -0.05) is 19.9 Å². The van der Waals surface area contributed by atoms with Gasteiger partial charge in [-0.05, 0) is 37.3 Å². The zero-order valence-electron chi connectivity index (χ0n) is 15.4. The zero-order chi connectivity index (χ0) is 17.9. The first-order chi connectivity index (χ1) is 11.9. The van der Waals surface area contributed by atoms with Crippen LogP contribution in [0.15, 0.2) is 24.4 Å². The van der Waals surface area contributed by atoms with E-state index in [-0.39, 0.29) is 11.5 Å². The van der Waals surface area contributed by atoms with Gasteiger partial charge < -0.3 is 14.7 Å². The van der Waals surface area contributed by atoms with Crippen LogP contribution in [0.3, 0.4) is 0 Å². The summed E-state index contributed by atoms with van der Waals surface area (Å²) < 4.78 is 6.12. The number of hydrogen-bond acceptors (Lipinski definition) is 4. The molecular formula is C20H30N2O3. The van der Waals surface area contributed by atoms with Crippen LogP contribution in [0.4, 0.5) is 0 Å². The Morgan fingerprint density at radius 1 is 1.32 bits per heavy atom. The molecule has 0 saturated carbocycles. The maximum Gasteiger partial charge on any atom is 0.222 e. The van der Waals surface area contributed by atoms with Gasteiger partial charge in [0.2, 0.25) is 5.91 Å². The lowest BCUT2D eigenvalue weighted by Crippen LogP contribution is -2.54. The molecule has 0 aromatic carbocycles. The van der Waals surface area contributed by atoms with E-state index in [1.54, 1.807) is 6.20 Å². The number of ether oxygens (including phenoxy) is 1. The second-order valence-electron chi connectivity index (χ2n) is 8.02. The summed E-state index contributed by atoms with van der Waals surface area (Å²) >= 11 is 0. The Hall–Kier alpha value is -1.46. The third-order valence-corrected chi connectivity index (χ3v) is 5.64. The van der Waals surface area contributed by atoms with Crippen molar-refractivity contribution < 1.29 is 14.6 Å². The van der Waals surface area contributed by atoms with Crippen molar-refractivity contribution in [3.8, 4) is 0 Å². The second kappa shape index (κ2) is 7.42.